The molecule has 1 heterocycles. The molecule has 90 valence electrons. The third-order valence-electron chi connectivity index (χ3n) is 3.65. The zero-order valence-corrected chi connectivity index (χ0v) is 11.9. The number of halogens is 1. The summed E-state index contributed by atoms with van der Waals surface area (Å²) >= 11 is 3.57. The molecule has 1 aromatic heterocycles. The van der Waals surface area contributed by atoms with Gasteiger partial charge in [0.05, 0.1) is 5.69 Å². The fourth-order valence-corrected chi connectivity index (χ4v) is 3.41. The molecule has 3 nitrogen and oxygen atoms in total. The zero-order valence-electron chi connectivity index (χ0n) is 10.3. The molecule has 0 aromatic carbocycles. The maximum Gasteiger partial charge on any atom is 0.130 e. The summed E-state index contributed by atoms with van der Waals surface area (Å²) in [6.07, 6.45) is 5.38. The van der Waals surface area contributed by atoms with Crippen LogP contribution in [0.2, 0.25) is 0 Å². The van der Waals surface area contributed by atoms with E-state index in [-0.39, 0.29) is 0 Å². The van der Waals surface area contributed by atoms with E-state index in [0.717, 1.165) is 11.0 Å². The molecule has 4 heteroatoms. The molecule has 16 heavy (non-hydrogen) atoms. The van der Waals surface area contributed by atoms with Gasteiger partial charge in [0, 0.05) is 31.0 Å². The van der Waals surface area contributed by atoms with E-state index in [9.17, 15) is 0 Å². The van der Waals surface area contributed by atoms with Crippen LogP contribution in [-0.4, -0.2) is 22.9 Å². The highest BCUT2D eigenvalue weighted by Crippen LogP contribution is 2.31. The lowest BCUT2D eigenvalue weighted by Gasteiger charge is -2.27. The van der Waals surface area contributed by atoms with E-state index in [1.54, 1.807) is 0 Å². The number of hydrogen-bond acceptors (Lipinski definition) is 2. The Morgan fingerprint density at radius 3 is 2.62 bits per heavy atom. The first kappa shape index (κ1) is 12.0. The van der Waals surface area contributed by atoms with Crippen LogP contribution >= 0.6 is 15.9 Å². The Morgan fingerprint density at radius 1 is 1.44 bits per heavy atom. The summed E-state index contributed by atoms with van der Waals surface area (Å²) in [6, 6.07) is 0.701. The quantitative estimate of drug-likeness (QED) is 0.796. The smallest absolute Gasteiger partial charge is 0.130 e. The number of anilines is 1. The molecular weight excluding hydrogens is 266 g/mol. The fraction of sp³-hybridized carbons (Fsp3) is 0.750. The lowest BCUT2D eigenvalue weighted by Crippen LogP contribution is -2.31. The van der Waals surface area contributed by atoms with E-state index in [4.69, 9.17) is 0 Å². The van der Waals surface area contributed by atoms with Crippen LogP contribution in [0.1, 0.15) is 36.9 Å². The Labute approximate surface area is 106 Å². The van der Waals surface area contributed by atoms with Gasteiger partial charge < -0.3 is 4.90 Å². The molecular formula is C12H20BrN3. The fourth-order valence-electron chi connectivity index (χ4n) is 2.75. The first-order valence-corrected chi connectivity index (χ1v) is 7.08. The Bertz CT molecular complexity index is 367. The number of hydrogen-bond donors (Lipinski definition) is 0. The van der Waals surface area contributed by atoms with Gasteiger partial charge in [-0.1, -0.05) is 28.8 Å². The molecule has 0 aliphatic heterocycles. The maximum atomic E-state index is 4.52. The van der Waals surface area contributed by atoms with Crippen molar-refractivity contribution in [1.29, 1.82) is 0 Å². The van der Waals surface area contributed by atoms with Crippen molar-refractivity contribution in [3.63, 3.8) is 0 Å². The minimum absolute atomic E-state index is 0.701. The van der Waals surface area contributed by atoms with Crippen LogP contribution < -0.4 is 4.90 Å². The van der Waals surface area contributed by atoms with Gasteiger partial charge in [-0.15, -0.1) is 0 Å². The summed E-state index contributed by atoms with van der Waals surface area (Å²) in [5.74, 6) is 1.28. The molecule has 0 spiro atoms. The van der Waals surface area contributed by atoms with Gasteiger partial charge in [0.1, 0.15) is 5.82 Å². The first-order valence-electron chi connectivity index (χ1n) is 5.96. The van der Waals surface area contributed by atoms with Gasteiger partial charge in [-0.25, -0.2) is 0 Å². The van der Waals surface area contributed by atoms with Gasteiger partial charge in [0.2, 0.25) is 0 Å². The van der Waals surface area contributed by atoms with Crippen molar-refractivity contribution in [3.05, 3.63) is 11.3 Å². The third-order valence-corrected chi connectivity index (χ3v) is 4.21. The summed E-state index contributed by atoms with van der Waals surface area (Å²) in [4.78, 5) is 2.42. The first-order chi connectivity index (χ1) is 7.65. The Balaban J connectivity index is 2.30. The molecule has 0 N–H and O–H groups in total. The third kappa shape index (κ3) is 1.99. The summed E-state index contributed by atoms with van der Waals surface area (Å²) < 4.78 is 2.02. The predicted octanol–water partition coefficient (Wildman–Crippen LogP) is 3.00. The molecule has 0 atom stereocenters. The maximum absolute atomic E-state index is 4.52. The molecule has 1 aliphatic carbocycles. The average molecular weight is 286 g/mol. The summed E-state index contributed by atoms with van der Waals surface area (Å²) in [5, 5.41) is 5.41. The second-order valence-electron chi connectivity index (χ2n) is 4.69. The number of nitrogens with zero attached hydrogens (tertiary/aromatic N) is 3. The van der Waals surface area contributed by atoms with E-state index >= 15 is 0 Å². The molecule has 1 saturated carbocycles. The minimum atomic E-state index is 0.701. The van der Waals surface area contributed by atoms with E-state index in [1.807, 2.05) is 11.7 Å². The lowest BCUT2D eigenvalue weighted by atomic mass is 10.2. The van der Waals surface area contributed by atoms with Gasteiger partial charge in [-0.05, 0) is 19.8 Å². The monoisotopic (exact) mass is 285 g/mol. The second kappa shape index (κ2) is 4.78. The highest BCUT2D eigenvalue weighted by atomic mass is 79.9. The zero-order chi connectivity index (χ0) is 11.7. The van der Waals surface area contributed by atoms with Crippen molar-refractivity contribution < 1.29 is 0 Å². The average Bonchev–Trinajstić information content (AvgIpc) is 2.84. The van der Waals surface area contributed by atoms with Crippen LogP contribution in [0.5, 0.6) is 0 Å². The van der Waals surface area contributed by atoms with E-state index in [0.29, 0.717) is 6.04 Å². The second-order valence-corrected chi connectivity index (χ2v) is 5.25. The highest BCUT2D eigenvalue weighted by molar-refractivity contribution is 9.08. The van der Waals surface area contributed by atoms with Crippen LogP contribution in [0.3, 0.4) is 0 Å². The minimum Gasteiger partial charge on any atom is -0.357 e. The van der Waals surface area contributed by atoms with E-state index in [2.05, 4.69) is 39.9 Å². The SMILES string of the molecule is Cc1nn(C)c(N(C)C2CCCC2)c1CBr. The molecule has 1 aromatic rings. The predicted molar refractivity (Wildman–Crippen MR) is 71.2 cm³/mol. The Morgan fingerprint density at radius 2 is 2.06 bits per heavy atom. The van der Waals surface area contributed by atoms with E-state index < -0.39 is 0 Å². The molecule has 1 aliphatic rings. The van der Waals surface area contributed by atoms with Crippen molar-refractivity contribution in [2.45, 2.75) is 44.0 Å². The van der Waals surface area contributed by atoms with Gasteiger partial charge in [-0.2, -0.15) is 5.10 Å². The Kier molecular flexibility index (Phi) is 3.57. The summed E-state index contributed by atoms with van der Waals surface area (Å²) in [5.41, 5.74) is 2.47. The van der Waals surface area contributed by atoms with Gasteiger partial charge >= 0.3 is 0 Å². The lowest BCUT2D eigenvalue weighted by molar-refractivity contribution is 0.620. The van der Waals surface area contributed by atoms with Crippen molar-refractivity contribution in [2.24, 2.45) is 7.05 Å². The Hall–Kier alpha value is -0.510. The molecule has 1 fully saturated rings. The molecule has 0 saturated heterocycles. The van der Waals surface area contributed by atoms with Gasteiger partial charge in [0.15, 0.2) is 0 Å². The summed E-state index contributed by atoms with van der Waals surface area (Å²) in [7, 11) is 4.25. The number of aromatic nitrogens is 2. The van der Waals surface area contributed by atoms with Crippen LogP contribution in [0.4, 0.5) is 5.82 Å². The van der Waals surface area contributed by atoms with Crippen LogP contribution in [0.15, 0.2) is 0 Å². The number of alkyl halides is 1. The van der Waals surface area contributed by atoms with Crippen molar-refractivity contribution in [3.8, 4) is 0 Å². The van der Waals surface area contributed by atoms with Gasteiger partial charge in [-0.3, -0.25) is 4.68 Å². The van der Waals surface area contributed by atoms with Gasteiger partial charge in [0.25, 0.3) is 0 Å². The van der Waals surface area contributed by atoms with Crippen LogP contribution in [-0.2, 0) is 12.4 Å². The van der Waals surface area contributed by atoms with Crippen molar-refractivity contribution in [1.82, 2.24) is 9.78 Å². The van der Waals surface area contributed by atoms with Crippen LogP contribution in [0.25, 0.3) is 0 Å². The summed E-state index contributed by atoms with van der Waals surface area (Å²) in [6.45, 7) is 2.09. The number of aryl methyl sites for hydroxylation is 2. The highest BCUT2D eigenvalue weighted by Gasteiger charge is 2.24. The molecule has 2 rings (SSSR count). The number of rotatable bonds is 3. The van der Waals surface area contributed by atoms with E-state index in [1.165, 1.54) is 37.1 Å². The van der Waals surface area contributed by atoms with Crippen molar-refractivity contribution >= 4 is 21.7 Å². The normalized spacial score (nSPS) is 17.0. The molecule has 0 amide bonds. The largest absolute Gasteiger partial charge is 0.357 e. The molecule has 0 bridgehead atoms. The standard InChI is InChI=1S/C12H20BrN3/c1-9-11(8-13)12(16(3)14-9)15(2)10-6-4-5-7-10/h10H,4-8H2,1-3H3. The molecule has 0 radical (unpaired) electrons. The topological polar surface area (TPSA) is 21.1 Å². The van der Waals surface area contributed by atoms with Crippen LogP contribution in [0, 0.1) is 6.92 Å². The molecule has 0 unspecified atom stereocenters. The van der Waals surface area contributed by atoms with Crippen molar-refractivity contribution in [2.75, 3.05) is 11.9 Å².